The molecule has 3 unspecified atom stereocenters. The molecule has 102 valence electrons. The SMILES string of the molecule is CC(NC(=O)NC1C=CC(C(=O)O)C1)c1nccs1. The molecule has 1 heterocycles. The van der Waals surface area contributed by atoms with Crippen molar-refractivity contribution in [2.75, 3.05) is 0 Å². The van der Waals surface area contributed by atoms with Gasteiger partial charge in [-0.3, -0.25) is 4.79 Å². The molecule has 0 bridgehead atoms. The van der Waals surface area contributed by atoms with Gasteiger partial charge in [-0.25, -0.2) is 9.78 Å². The number of hydrogen-bond donors (Lipinski definition) is 3. The maximum Gasteiger partial charge on any atom is 0.315 e. The lowest BCUT2D eigenvalue weighted by Gasteiger charge is -2.16. The van der Waals surface area contributed by atoms with Gasteiger partial charge in [-0.05, 0) is 13.3 Å². The van der Waals surface area contributed by atoms with Gasteiger partial charge in [-0.2, -0.15) is 0 Å². The number of thiazole rings is 1. The molecular weight excluding hydrogens is 266 g/mol. The van der Waals surface area contributed by atoms with Crippen molar-refractivity contribution in [3.8, 4) is 0 Å². The van der Waals surface area contributed by atoms with Crippen molar-refractivity contribution in [3.63, 3.8) is 0 Å². The van der Waals surface area contributed by atoms with Crippen molar-refractivity contribution < 1.29 is 14.7 Å². The second kappa shape index (κ2) is 5.83. The molecule has 0 radical (unpaired) electrons. The van der Waals surface area contributed by atoms with Crippen LogP contribution in [0, 0.1) is 5.92 Å². The molecule has 19 heavy (non-hydrogen) atoms. The van der Waals surface area contributed by atoms with Crippen LogP contribution in [0.25, 0.3) is 0 Å². The molecule has 0 aliphatic heterocycles. The van der Waals surface area contributed by atoms with Crippen LogP contribution in [0.3, 0.4) is 0 Å². The second-order valence-corrected chi connectivity index (χ2v) is 5.31. The fourth-order valence-corrected chi connectivity index (χ4v) is 2.55. The normalized spacial score (nSPS) is 23.0. The number of nitrogens with one attached hydrogen (secondary N) is 2. The topological polar surface area (TPSA) is 91.3 Å². The molecule has 0 saturated carbocycles. The Morgan fingerprint density at radius 2 is 2.32 bits per heavy atom. The molecule has 2 amide bonds. The van der Waals surface area contributed by atoms with Crippen LogP contribution in [-0.2, 0) is 4.79 Å². The first-order valence-corrected chi connectivity index (χ1v) is 6.82. The molecule has 0 spiro atoms. The average molecular weight is 281 g/mol. The van der Waals surface area contributed by atoms with Crippen LogP contribution in [0.5, 0.6) is 0 Å². The highest BCUT2D eigenvalue weighted by Crippen LogP contribution is 2.18. The lowest BCUT2D eigenvalue weighted by molar-refractivity contribution is -0.140. The third-order valence-electron chi connectivity index (χ3n) is 2.89. The average Bonchev–Trinajstić information content (AvgIpc) is 2.98. The molecule has 1 aliphatic carbocycles. The molecule has 6 nitrogen and oxygen atoms in total. The first-order valence-electron chi connectivity index (χ1n) is 5.94. The van der Waals surface area contributed by atoms with Crippen molar-refractivity contribution in [3.05, 3.63) is 28.7 Å². The van der Waals surface area contributed by atoms with E-state index in [0.29, 0.717) is 6.42 Å². The predicted molar refractivity (Wildman–Crippen MR) is 70.9 cm³/mol. The second-order valence-electron chi connectivity index (χ2n) is 4.38. The van der Waals surface area contributed by atoms with Crippen LogP contribution in [0.2, 0.25) is 0 Å². The Bertz CT molecular complexity index is 486. The zero-order valence-corrected chi connectivity index (χ0v) is 11.2. The first-order chi connectivity index (χ1) is 9.06. The predicted octanol–water partition coefficient (Wildman–Crippen LogP) is 1.53. The number of rotatable bonds is 4. The van der Waals surface area contributed by atoms with Gasteiger partial charge < -0.3 is 15.7 Å². The molecule has 7 heteroatoms. The zero-order valence-electron chi connectivity index (χ0n) is 10.4. The molecule has 0 aromatic carbocycles. The highest BCUT2D eigenvalue weighted by atomic mass is 32.1. The Hall–Kier alpha value is -1.89. The summed E-state index contributed by atoms with van der Waals surface area (Å²) in [4.78, 5) is 26.7. The minimum atomic E-state index is -0.864. The van der Waals surface area contributed by atoms with Crippen LogP contribution in [0.4, 0.5) is 4.79 Å². The van der Waals surface area contributed by atoms with Crippen molar-refractivity contribution >= 4 is 23.3 Å². The molecule has 0 saturated heterocycles. The monoisotopic (exact) mass is 281 g/mol. The molecule has 2 rings (SSSR count). The standard InChI is InChI=1S/C12H15N3O3S/c1-7(10-13-4-5-19-10)14-12(18)15-9-3-2-8(6-9)11(16)17/h2-5,7-9H,6H2,1H3,(H,16,17)(H2,14,15,18). The van der Waals surface area contributed by atoms with Crippen LogP contribution < -0.4 is 10.6 Å². The Balaban J connectivity index is 1.80. The minimum Gasteiger partial charge on any atom is -0.481 e. The van der Waals surface area contributed by atoms with Crippen LogP contribution in [0.1, 0.15) is 24.4 Å². The smallest absolute Gasteiger partial charge is 0.315 e. The Morgan fingerprint density at radius 3 is 2.89 bits per heavy atom. The van der Waals surface area contributed by atoms with E-state index < -0.39 is 11.9 Å². The maximum absolute atomic E-state index is 11.8. The molecular formula is C12H15N3O3S. The Morgan fingerprint density at radius 1 is 1.53 bits per heavy atom. The molecule has 3 atom stereocenters. The van der Waals surface area contributed by atoms with Gasteiger partial charge in [0.05, 0.1) is 18.0 Å². The van der Waals surface area contributed by atoms with Gasteiger partial charge in [-0.1, -0.05) is 12.2 Å². The van der Waals surface area contributed by atoms with E-state index in [-0.39, 0.29) is 18.1 Å². The van der Waals surface area contributed by atoms with E-state index in [1.807, 2.05) is 12.3 Å². The number of carbonyl (C=O) groups is 2. The summed E-state index contributed by atoms with van der Waals surface area (Å²) in [7, 11) is 0. The lowest BCUT2D eigenvalue weighted by Crippen LogP contribution is -2.42. The third-order valence-corrected chi connectivity index (χ3v) is 3.84. The summed E-state index contributed by atoms with van der Waals surface area (Å²) in [5, 5.41) is 17.0. The Kier molecular flexibility index (Phi) is 4.16. The molecule has 1 aromatic heterocycles. The van der Waals surface area contributed by atoms with Crippen LogP contribution >= 0.6 is 11.3 Å². The summed E-state index contributed by atoms with van der Waals surface area (Å²) in [5.74, 6) is -1.38. The van der Waals surface area contributed by atoms with E-state index in [1.165, 1.54) is 11.3 Å². The summed E-state index contributed by atoms with van der Waals surface area (Å²) in [5.41, 5.74) is 0. The van der Waals surface area contributed by atoms with Gasteiger partial charge in [0.2, 0.25) is 0 Å². The summed E-state index contributed by atoms with van der Waals surface area (Å²) >= 11 is 1.47. The maximum atomic E-state index is 11.8. The minimum absolute atomic E-state index is 0.166. The zero-order chi connectivity index (χ0) is 13.8. The summed E-state index contributed by atoms with van der Waals surface area (Å²) < 4.78 is 0. The van der Waals surface area contributed by atoms with E-state index in [1.54, 1.807) is 18.3 Å². The van der Waals surface area contributed by atoms with Crippen molar-refractivity contribution in [2.45, 2.75) is 25.4 Å². The number of nitrogens with zero attached hydrogens (tertiary/aromatic N) is 1. The molecule has 1 aromatic rings. The summed E-state index contributed by atoms with van der Waals surface area (Å²) in [6.45, 7) is 1.85. The Labute approximate surface area is 114 Å². The van der Waals surface area contributed by atoms with E-state index in [2.05, 4.69) is 15.6 Å². The highest BCUT2D eigenvalue weighted by Gasteiger charge is 2.25. The summed E-state index contributed by atoms with van der Waals surface area (Å²) in [6.07, 6.45) is 5.41. The molecule has 0 fully saturated rings. The number of urea groups is 1. The van der Waals surface area contributed by atoms with Gasteiger partial charge in [0.25, 0.3) is 0 Å². The number of amides is 2. The van der Waals surface area contributed by atoms with E-state index >= 15 is 0 Å². The van der Waals surface area contributed by atoms with E-state index in [0.717, 1.165) is 5.01 Å². The van der Waals surface area contributed by atoms with Crippen LogP contribution in [0.15, 0.2) is 23.7 Å². The van der Waals surface area contributed by atoms with Crippen molar-refractivity contribution in [1.82, 2.24) is 15.6 Å². The first kappa shape index (κ1) is 13.5. The summed E-state index contributed by atoms with van der Waals surface area (Å²) in [6, 6.07) is -0.714. The van der Waals surface area contributed by atoms with Gasteiger partial charge in [0.15, 0.2) is 0 Å². The molecule has 1 aliphatic rings. The van der Waals surface area contributed by atoms with E-state index in [4.69, 9.17) is 5.11 Å². The quantitative estimate of drug-likeness (QED) is 0.730. The van der Waals surface area contributed by atoms with Gasteiger partial charge in [0.1, 0.15) is 5.01 Å². The number of hydrogen-bond acceptors (Lipinski definition) is 4. The van der Waals surface area contributed by atoms with Gasteiger partial charge >= 0.3 is 12.0 Å². The fraction of sp³-hybridized carbons (Fsp3) is 0.417. The molecule has 3 N–H and O–H groups in total. The lowest BCUT2D eigenvalue weighted by atomic mass is 10.1. The number of aliphatic carboxylic acids is 1. The number of carboxylic acid groups (broad SMARTS) is 1. The van der Waals surface area contributed by atoms with Crippen LogP contribution in [-0.4, -0.2) is 28.1 Å². The van der Waals surface area contributed by atoms with Gasteiger partial charge in [0, 0.05) is 11.6 Å². The van der Waals surface area contributed by atoms with Gasteiger partial charge in [-0.15, -0.1) is 11.3 Å². The van der Waals surface area contributed by atoms with E-state index in [9.17, 15) is 9.59 Å². The van der Waals surface area contributed by atoms with Crippen molar-refractivity contribution in [1.29, 1.82) is 0 Å². The number of aromatic nitrogens is 1. The third kappa shape index (κ3) is 3.54. The number of carbonyl (C=O) groups excluding carboxylic acids is 1. The highest BCUT2D eigenvalue weighted by molar-refractivity contribution is 7.09. The van der Waals surface area contributed by atoms with Crippen molar-refractivity contribution in [2.24, 2.45) is 5.92 Å². The largest absolute Gasteiger partial charge is 0.481 e. The fourth-order valence-electron chi connectivity index (χ4n) is 1.91. The number of carboxylic acids is 1.